The van der Waals surface area contributed by atoms with Crippen molar-refractivity contribution >= 4 is 17.5 Å². The molecule has 0 radical (unpaired) electrons. The third-order valence-corrected chi connectivity index (χ3v) is 3.35. The third kappa shape index (κ3) is 3.58. The molecule has 0 heterocycles. The summed E-state index contributed by atoms with van der Waals surface area (Å²) in [5, 5.41) is 3.01. The van der Waals surface area contributed by atoms with Crippen molar-refractivity contribution in [2.75, 3.05) is 6.54 Å². The number of amides is 1. The average Bonchev–Trinajstić information content (AvgIpc) is 2.45. The van der Waals surface area contributed by atoms with Crippen LogP contribution in [0.15, 0.2) is 48.5 Å². The van der Waals surface area contributed by atoms with E-state index in [0.717, 1.165) is 11.6 Å². The van der Waals surface area contributed by atoms with Crippen molar-refractivity contribution in [3.05, 3.63) is 70.5 Å². The maximum absolute atomic E-state index is 13.6. The van der Waals surface area contributed by atoms with Gasteiger partial charge in [-0.2, -0.15) is 0 Å². The summed E-state index contributed by atoms with van der Waals surface area (Å²) in [5.41, 5.74) is 1.14. The summed E-state index contributed by atoms with van der Waals surface area (Å²) in [4.78, 5) is 11.9. The van der Waals surface area contributed by atoms with E-state index in [-0.39, 0.29) is 16.5 Å². The minimum atomic E-state index is -0.609. The standard InChI is InChI=1S/C16H15ClFNO/c1-11(12-5-3-2-4-6-12)10-19-16(20)14-8-7-13(17)9-15(14)18/h2-9,11H,10H2,1H3,(H,19,20)/t11-/m1/s1. The second-order valence-corrected chi connectivity index (χ2v) is 5.08. The first-order valence-corrected chi connectivity index (χ1v) is 6.74. The van der Waals surface area contributed by atoms with Crippen LogP contribution in [0.1, 0.15) is 28.8 Å². The van der Waals surface area contributed by atoms with Gasteiger partial charge in [0.2, 0.25) is 0 Å². The van der Waals surface area contributed by atoms with Gasteiger partial charge in [-0.3, -0.25) is 4.79 Å². The molecule has 0 aliphatic carbocycles. The molecule has 0 aromatic heterocycles. The first kappa shape index (κ1) is 14.5. The van der Waals surface area contributed by atoms with Gasteiger partial charge in [-0.25, -0.2) is 4.39 Å². The highest BCUT2D eigenvalue weighted by Crippen LogP contribution is 2.16. The highest BCUT2D eigenvalue weighted by atomic mass is 35.5. The highest BCUT2D eigenvalue weighted by Gasteiger charge is 2.13. The van der Waals surface area contributed by atoms with Gasteiger partial charge in [0.1, 0.15) is 5.82 Å². The van der Waals surface area contributed by atoms with Gasteiger partial charge in [-0.1, -0.05) is 48.9 Å². The molecule has 0 unspecified atom stereocenters. The zero-order valence-corrected chi connectivity index (χ0v) is 11.8. The van der Waals surface area contributed by atoms with E-state index in [1.165, 1.54) is 12.1 Å². The van der Waals surface area contributed by atoms with Crippen molar-refractivity contribution in [3.63, 3.8) is 0 Å². The number of carbonyl (C=O) groups is 1. The lowest BCUT2D eigenvalue weighted by atomic mass is 10.0. The molecule has 4 heteroatoms. The van der Waals surface area contributed by atoms with Crippen molar-refractivity contribution in [1.82, 2.24) is 5.32 Å². The van der Waals surface area contributed by atoms with Crippen molar-refractivity contribution in [1.29, 1.82) is 0 Å². The van der Waals surface area contributed by atoms with Gasteiger partial charge in [-0.15, -0.1) is 0 Å². The third-order valence-electron chi connectivity index (χ3n) is 3.11. The van der Waals surface area contributed by atoms with E-state index in [4.69, 9.17) is 11.6 Å². The largest absolute Gasteiger partial charge is 0.351 e. The van der Waals surface area contributed by atoms with Gasteiger partial charge in [0.15, 0.2) is 0 Å². The van der Waals surface area contributed by atoms with E-state index in [9.17, 15) is 9.18 Å². The molecule has 0 bridgehead atoms. The average molecular weight is 292 g/mol. The predicted molar refractivity (Wildman–Crippen MR) is 78.6 cm³/mol. The quantitative estimate of drug-likeness (QED) is 0.906. The van der Waals surface area contributed by atoms with Gasteiger partial charge in [0.05, 0.1) is 5.56 Å². The Morgan fingerprint density at radius 2 is 1.95 bits per heavy atom. The number of halogens is 2. The zero-order valence-electron chi connectivity index (χ0n) is 11.1. The van der Waals surface area contributed by atoms with Crippen LogP contribution in [0.5, 0.6) is 0 Å². The predicted octanol–water partition coefficient (Wildman–Crippen LogP) is 4.01. The van der Waals surface area contributed by atoms with Crippen molar-refractivity contribution in [2.24, 2.45) is 0 Å². The SMILES string of the molecule is C[C@H](CNC(=O)c1ccc(Cl)cc1F)c1ccccc1. The molecule has 0 saturated carbocycles. The van der Waals surface area contributed by atoms with Gasteiger partial charge in [0, 0.05) is 11.6 Å². The summed E-state index contributed by atoms with van der Waals surface area (Å²) in [6.45, 7) is 2.46. The molecular formula is C16H15ClFNO. The lowest BCUT2D eigenvalue weighted by Gasteiger charge is -2.13. The van der Waals surface area contributed by atoms with Crippen LogP contribution in [0.2, 0.25) is 5.02 Å². The molecular weight excluding hydrogens is 277 g/mol. The number of hydrogen-bond donors (Lipinski definition) is 1. The summed E-state index contributed by atoms with van der Waals surface area (Å²) in [6, 6.07) is 13.9. The Bertz CT molecular complexity index is 601. The van der Waals surface area contributed by atoms with Gasteiger partial charge < -0.3 is 5.32 Å². The Labute approximate surface area is 122 Å². The Hall–Kier alpha value is -1.87. The van der Waals surface area contributed by atoms with Crippen LogP contribution in [-0.4, -0.2) is 12.5 Å². The normalized spacial score (nSPS) is 11.9. The molecule has 1 amide bonds. The summed E-state index contributed by atoms with van der Waals surface area (Å²) in [5.74, 6) is -0.875. The van der Waals surface area contributed by atoms with Crippen LogP contribution in [0.3, 0.4) is 0 Å². The summed E-state index contributed by atoms with van der Waals surface area (Å²) in [7, 11) is 0. The number of benzene rings is 2. The van der Waals surface area contributed by atoms with E-state index in [0.29, 0.717) is 6.54 Å². The van der Waals surface area contributed by atoms with E-state index < -0.39 is 11.7 Å². The Balaban J connectivity index is 1.99. The molecule has 1 atom stereocenters. The van der Waals surface area contributed by atoms with Crippen LogP contribution in [0, 0.1) is 5.82 Å². The minimum Gasteiger partial charge on any atom is -0.351 e. The zero-order chi connectivity index (χ0) is 14.5. The molecule has 104 valence electrons. The molecule has 0 aliphatic rings. The fourth-order valence-corrected chi connectivity index (χ4v) is 2.07. The minimum absolute atomic E-state index is 0.00895. The van der Waals surface area contributed by atoms with Crippen LogP contribution in [0.4, 0.5) is 4.39 Å². The monoisotopic (exact) mass is 291 g/mol. The topological polar surface area (TPSA) is 29.1 Å². The van der Waals surface area contributed by atoms with E-state index in [1.54, 1.807) is 0 Å². The second kappa shape index (κ2) is 6.53. The number of carbonyl (C=O) groups excluding carboxylic acids is 1. The van der Waals surface area contributed by atoms with Gasteiger partial charge in [-0.05, 0) is 29.7 Å². The summed E-state index contributed by atoms with van der Waals surface area (Å²) >= 11 is 5.66. The van der Waals surface area contributed by atoms with Gasteiger partial charge in [0.25, 0.3) is 5.91 Å². The Morgan fingerprint density at radius 3 is 2.60 bits per heavy atom. The maximum atomic E-state index is 13.6. The van der Waals surface area contributed by atoms with Crippen molar-refractivity contribution in [2.45, 2.75) is 12.8 Å². The number of nitrogens with one attached hydrogen (secondary N) is 1. The van der Waals surface area contributed by atoms with Crippen molar-refractivity contribution in [3.8, 4) is 0 Å². The van der Waals surface area contributed by atoms with Crippen LogP contribution in [0.25, 0.3) is 0 Å². The van der Waals surface area contributed by atoms with E-state index >= 15 is 0 Å². The number of hydrogen-bond acceptors (Lipinski definition) is 1. The molecule has 0 aliphatic heterocycles. The van der Waals surface area contributed by atoms with E-state index in [1.807, 2.05) is 37.3 Å². The first-order chi connectivity index (χ1) is 9.58. The maximum Gasteiger partial charge on any atom is 0.254 e. The Kier molecular flexibility index (Phi) is 4.74. The van der Waals surface area contributed by atoms with Crippen LogP contribution in [-0.2, 0) is 0 Å². The molecule has 0 fully saturated rings. The van der Waals surface area contributed by atoms with Crippen molar-refractivity contribution < 1.29 is 9.18 Å². The van der Waals surface area contributed by atoms with Crippen LogP contribution < -0.4 is 5.32 Å². The lowest BCUT2D eigenvalue weighted by molar-refractivity contribution is 0.0947. The highest BCUT2D eigenvalue weighted by molar-refractivity contribution is 6.30. The molecule has 1 N–H and O–H groups in total. The molecule has 0 saturated heterocycles. The lowest BCUT2D eigenvalue weighted by Crippen LogP contribution is -2.28. The Morgan fingerprint density at radius 1 is 1.25 bits per heavy atom. The van der Waals surface area contributed by atoms with E-state index in [2.05, 4.69) is 5.32 Å². The summed E-state index contributed by atoms with van der Waals surface area (Å²) < 4.78 is 13.6. The fraction of sp³-hybridized carbons (Fsp3) is 0.188. The molecule has 2 nitrogen and oxygen atoms in total. The number of rotatable bonds is 4. The van der Waals surface area contributed by atoms with Crippen LogP contribution >= 0.6 is 11.6 Å². The second-order valence-electron chi connectivity index (χ2n) is 4.65. The summed E-state index contributed by atoms with van der Waals surface area (Å²) in [6.07, 6.45) is 0. The fourth-order valence-electron chi connectivity index (χ4n) is 1.91. The molecule has 0 spiro atoms. The van der Waals surface area contributed by atoms with Gasteiger partial charge >= 0.3 is 0 Å². The first-order valence-electron chi connectivity index (χ1n) is 6.36. The molecule has 2 aromatic carbocycles. The smallest absolute Gasteiger partial charge is 0.254 e. The molecule has 2 rings (SSSR count). The molecule has 20 heavy (non-hydrogen) atoms. The molecule has 2 aromatic rings.